The van der Waals surface area contributed by atoms with E-state index in [2.05, 4.69) is 5.32 Å². The van der Waals surface area contributed by atoms with Gasteiger partial charge in [0.1, 0.15) is 11.0 Å². The highest BCUT2D eigenvalue weighted by molar-refractivity contribution is 7.20. The molecule has 27 heavy (non-hydrogen) atoms. The van der Waals surface area contributed by atoms with E-state index in [1.165, 1.54) is 11.3 Å². The Balaban J connectivity index is 2.34. The zero-order valence-electron chi connectivity index (χ0n) is 14.6. The summed E-state index contributed by atoms with van der Waals surface area (Å²) in [5.74, 6) is -1.73. The molecule has 9 heteroatoms. The van der Waals surface area contributed by atoms with Crippen LogP contribution in [0.3, 0.4) is 0 Å². The summed E-state index contributed by atoms with van der Waals surface area (Å²) in [5, 5.41) is 11.5. The van der Waals surface area contributed by atoms with Crippen molar-refractivity contribution in [3.8, 4) is 10.4 Å². The van der Waals surface area contributed by atoms with Crippen molar-refractivity contribution in [3.05, 3.63) is 47.0 Å². The maximum atomic E-state index is 11.6. The number of hydrogen-bond donors (Lipinski definition) is 5. The van der Waals surface area contributed by atoms with Gasteiger partial charge in [0.15, 0.2) is 0 Å². The zero-order chi connectivity index (χ0) is 20.1. The second kappa shape index (κ2) is 8.47. The Kier molecular flexibility index (Phi) is 6.32. The van der Waals surface area contributed by atoms with Crippen LogP contribution < -0.4 is 22.5 Å². The predicted molar refractivity (Wildman–Crippen MR) is 105 cm³/mol. The summed E-state index contributed by atoms with van der Waals surface area (Å²) in [7, 11) is 0. The van der Waals surface area contributed by atoms with Crippen LogP contribution in [0, 0.1) is 6.92 Å². The lowest BCUT2D eigenvalue weighted by Crippen LogP contribution is -2.29. The largest absolute Gasteiger partial charge is 0.480 e. The number of nitrogens with one attached hydrogen (secondary N) is 1. The van der Waals surface area contributed by atoms with Gasteiger partial charge >= 0.3 is 12.0 Å². The van der Waals surface area contributed by atoms with E-state index in [1.807, 2.05) is 25.1 Å². The molecule has 1 aromatic heterocycles. The van der Waals surface area contributed by atoms with Crippen LogP contribution in [0.5, 0.6) is 0 Å². The standard InChI is InChI=1S/C18H20N4O4S/c1-9-5-6-11(7-10(9)3-2-4-13(19)17(24)25)14-8-12(15(20)23)16(27-14)22-18(21)26/h2-3,5-8,13H,4,19H2,1H3,(H2,20,23)(H,24,25)(H3,21,22,26)/b3-2+/t13-/m0/s1. The molecule has 1 heterocycles. The first kappa shape index (κ1) is 20.1. The van der Waals surface area contributed by atoms with Crippen molar-refractivity contribution in [2.45, 2.75) is 19.4 Å². The fourth-order valence-electron chi connectivity index (χ4n) is 2.34. The van der Waals surface area contributed by atoms with Gasteiger partial charge in [-0.25, -0.2) is 4.79 Å². The fourth-order valence-corrected chi connectivity index (χ4v) is 3.40. The van der Waals surface area contributed by atoms with Crippen LogP contribution >= 0.6 is 11.3 Å². The number of anilines is 1. The van der Waals surface area contributed by atoms with Gasteiger partial charge in [0.2, 0.25) is 0 Å². The molecule has 0 spiro atoms. The van der Waals surface area contributed by atoms with Crippen LogP contribution in [-0.2, 0) is 4.79 Å². The monoisotopic (exact) mass is 388 g/mol. The van der Waals surface area contributed by atoms with Gasteiger partial charge in [-0.2, -0.15) is 0 Å². The van der Waals surface area contributed by atoms with Gasteiger partial charge in [-0.1, -0.05) is 24.3 Å². The summed E-state index contributed by atoms with van der Waals surface area (Å²) in [6.45, 7) is 1.92. The van der Waals surface area contributed by atoms with Gasteiger partial charge in [-0.15, -0.1) is 11.3 Å². The predicted octanol–water partition coefficient (Wildman–Crippen LogP) is 2.13. The molecule has 142 valence electrons. The molecule has 0 saturated carbocycles. The van der Waals surface area contributed by atoms with Crippen molar-refractivity contribution >= 4 is 40.3 Å². The molecular formula is C18H20N4O4S. The number of primary amides is 2. The number of rotatable bonds is 7. The third-order valence-electron chi connectivity index (χ3n) is 3.80. The number of urea groups is 1. The smallest absolute Gasteiger partial charge is 0.320 e. The third kappa shape index (κ3) is 5.16. The molecule has 0 radical (unpaired) electrons. The lowest BCUT2D eigenvalue weighted by atomic mass is 10.0. The molecule has 0 bridgehead atoms. The molecule has 8 nitrogen and oxygen atoms in total. The summed E-state index contributed by atoms with van der Waals surface area (Å²) in [5.41, 5.74) is 18.8. The Morgan fingerprint density at radius 3 is 2.56 bits per heavy atom. The molecule has 1 aromatic carbocycles. The molecule has 0 aliphatic carbocycles. The van der Waals surface area contributed by atoms with Crippen LogP contribution in [-0.4, -0.2) is 29.1 Å². The van der Waals surface area contributed by atoms with E-state index in [-0.39, 0.29) is 17.0 Å². The number of carboxylic acid groups (broad SMARTS) is 1. The lowest BCUT2D eigenvalue weighted by molar-refractivity contribution is -0.138. The first-order chi connectivity index (χ1) is 12.7. The van der Waals surface area contributed by atoms with E-state index in [0.717, 1.165) is 21.6 Å². The number of amides is 3. The number of carboxylic acids is 1. The van der Waals surface area contributed by atoms with Crippen LogP contribution in [0.2, 0.25) is 0 Å². The number of carbonyl (C=O) groups is 3. The molecule has 8 N–H and O–H groups in total. The summed E-state index contributed by atoms with van der Waals surface area (Å²) in [6, 6.07) is 5.52. The second-order valence-electron chi connectivity index (χ2n) is 5.86. The van der Waals surface area contributed by atoms with E-state index >= 15 is 0 Å². The van der Waals surface area contributed by atoms with E-state index in [0.29, 0.717) is 0 Å². The minimum atomic E-state index is -1.06. The highest BCUT2D eigenvalue weighted by Crippen LogP contribution is 2.36. The van der Waals surface area contributed by atoms with Gasteiger partial charge in [0, 0.05) is 4.88 Å². The Hall–Kier alpha value is -3.17. The average Bonchev–Trinajstić information content (AvgIpc) is 2.99. The van der Waals surface area contributed by atoms with E-state index in [9.17, 15) is 14.4 Å². The first-order valence-electron chi connectivity index (χ1n) is 7.95. The maximum Gasteiger partial charge on any atom is 0.320 e. The molecule has 0 unspecified atom stereocenters. The van der Waals surface area contributed by atoms with Crippen molar-refractivity contribution in [3.63, 3.8) is 0 Å². The topological polar surface area (TPSA) is 162 Å². The molecule has 0 fully saturated rings. The minimum absolute atomic E-state index is 0.180. The normalized spacial score (nSPS) is 12.1. The summed E-state index contributed by atoms with van der Waals surface area (Å²) in [6.07, 6.45) is 3.71. The molecular weight excluding hydrogens is 368 g/mol. The number of thiophene rings is 1. The molecule has 0 aliphatic heterocycles. The van der Waals surface area contributed by atoms with Crippen LogP contribution in [0.4, 0.5) is 9.80 Å². The van der Waals surface area contributed by atoms with Crippen molar-refractivity contribution in [1.82, 2.24) is 0 Å². The number of aryl methyl sites for hydroxylation is 1. The maximum absolute atomic E-state index is 11.6. The average molecular weight is 388 g/mol. The fraction of sp³-hybridized carbons (Fsp3) is 0.167. The lowest BCUT2D eigenvalue weighted by Gasteiger charge is -2.05. The molecule has 3 amide bonds. The van der Waals surface area contributed by atoms with Gasteiger partial charge in [-0.05, 0) is 42.2 Å². The van der Waals surface area contributed by atoms with Gasteiger partial charge in [0.25, 0.3) is 5.91 Å². The summed E-state index contributed by atoms with van der Waals surface area (Å²) < 4.78 is 0. The van der Waals surface area contributed by atoms with Gasteiger partial charge < -0.3 is 22.3 Å². The molecule has 0 saturated heterocycles. The van der Waals surface area contributed by atoms with Crippen molar-refractivity contribution in [1.29, 1.82) is 0 Å². The third-order valence-corrected chi connectivity index (χ3v) is 4.90. The van der Waals surface area contributed by atoms with Crippen LogP contribution in [0.15, 0.2) is 30.3 Å². The van der Waals surface area contributed by atoms with E-state index in [1.54, 1.807) is 18.2 Å². The number of nitrogens with two attached hydrogens (primary N) is 3. The van der Waals surface area contributed by atoms with Crippen LogP contribution in [0.1, 0.15) is 27.9 Å². The van der Waals surface area contributed by atoms with E-state index in [4.69, 9.17) is 22.3 Å². The minimum Gasteiger partial charge on any atom is -0.480 e. The first-order valence-corrected chi connectivity index (χ1v) is 8.76. The Bertz CT molecular complexity index is 920. The second-order valence-corrected chi connectivity index (χ2v) is 6.91. The number of aliphatic carboxylic acids is 1. The molecule has 2 aromatic rings. The SMILES string of the molecule is Cc1ccc(-c2cc(C(N)=O)c(NC(N)=O)s2)cc1/C=C/C[C@H](N)C(=O)O. The van der Waals surface area contributed by atoms with Crippen LogP contribution in [0.25, 0.3) is 16.5 Å². The molecule has 0 aliphatic rings. The number of hydrogen-bond acceptors (Lipinski definition) is 5. The Labute approximate surface area is 159 Å². The summed E-state index contributed by atoms with van der Waals surface area (Å²) >= 11 is 1.18. The Morgan fingerprint density at radius 1 is 1.26 bits per heavy atom. The van der Waals surface area contributed by atoms with Gasteiger partial charge in [-0.3, -0.25) is 14.9 Å². The molecule has 1 atom stereocenters. The molecule has 2 rings (SSSR count). The Morgan fingerprint density at radius 2 is 1.96 bits per heavy atom. The number of benzene rings is 1. The number of carbonyl (C=O) groups excluding carboxylic acids is 2. The highest BCUT2D eigenvalue weighted by Gasteiger charge is 2.16. The quantitative estimate of drug-likeness (QED) is 0.490. The highest BCUT2D eigenvalue weighted by atomic mass is 32.1. The van der Waals surface area contributed by atoms with Crippen molar-refractivity contribution in [2.75, 3.05) is 5.32 Å². The zero-order valence-corrected chi connectivity index (χ0v) is 15.4. The van der Waals surface area contributed by atoms with E-state index < -0.39 is 23.9 Å². The van der Waals surface area contributed by atoms with Gasteiger partial charge in [0.05, 0.1) is 5.56 Å². The van der Waals surface area contributed by atoms with Crippen molar-refractivity contribution < 1.29 is 19.5 Å². The van der Waals surface area contributed by atoms with Crippen molar-refractivity contribution in [2.24, 2.45) is 17.2 Å². The summed E-state index contributed by atoms with van der Waals surface area (Å²) in [4.78, 5) is 34.2.